The Labute approximate surface area is 443 Å². The van der Waals surface area contributed by atoms with E-state index in [1.165, 1.54) is 122 Å². The van der Waals surface area contributed by atoms with Gasteiger partial charge in [-0.25, -0.2) is 0 Å². The van der Waals surface area contributed by atoms with Crippen molar-refractivity contribution in [3.63, 3.8) is 0 Å². The minimum atomic E-state index is 0.185. The average molecular weight is 953 g/mol. The van der Waals surface area contributed by atoms with Gasteiger partial charge in [-0.1, -0.05) is 257 Å². The molecule has 4 aliphatic carbocycles. The molecule has 0 aliphatic heterocycles. The molecule has 0 nitrogen and oxygen atoms in total. The lowest BCUT2D eigenvalue weighted by Gasteiger charge is -2.24. The molecule has 0 heterocycles. The molecule has 10 rings (SSSR count). The summed E-state index contributed by atoms with van der Waals surface area (Å²) in [4.78, 5) is 0. The molecular formula is C72H66B2. The van der Waals surface area contributed by atoms with Crippen LogP contribution in [0.3, 0.4) is 0 Å². The molecule has 0 unspecified atom stereocenters. The van der Waals surface area contributed by atoms with Gasteiger partial charge in [-0.3, -0.25) is 0 Å². The van der Waals surface area contributed by atoms with Gasteiger partial charge < -0.3 is 0 Å². The van der Waals surface area contributed by atoms with Crippen LogP contribution in [0.15, 0.2) is 182 Å². The standard InChI is InChI=1S/2C36H33B/c2*1-24-18-26(3)35(27(4)19-24)37(36-28(5)20-25(2)21-29(36)6)34-16-14-30(15-17-34)12-13-31-22-32-10-8-7-9-11-33(32)23-31/h2*7-11,14-23H,1-6H3. The maximum Gasteiger partial charge on any atom is 0.242 e. The molecule has 74 heavy (non-hydrogen) atoms. The molecule has 0 radical (unpaired) electrons. The largest absolute Gasteiger partial charge is 0.242 e. The van der Waals surface area contributed by atoms with Gasteiger partial charge in [0.15, 0.2) is 0 Å². The van der Waals surface area contributed by atoms with Crippen molar-refractivity contribution < 1.29 is 0 Å². The fraction of sp³-hybridized carbons (Fsp3) is 0.167. The van der Waals surface area contributed by atoms with Crippen molar-refractivity contribution in [2.75, 3.05) is 0 Å². The second kappa shape index (κ2) is 22.0. The van der Waals surface area contributed by atoms with Gasteiger partial charge >= 0.3 is 0 Å². The van der Waals surface area contributed by atoms with Gasteiger partial charge in [-0.2, -0.15) is 0 Å². The van der Waals surface area contributed by atoms with Crippen molar-refractivity contribution in [2.45, 2.75) is 83.1 Å². The summed E-state index contributed by atoms with van der Waals surface area (Å²) in [7, 11) is 0. The Morgan fingerprint density at radius 1 is 0.230 bits per heavy atom. The molecule has 2 heteroatoms. The highest BCUT2D eigenvalue weighted by Gasteiger charge is 2.30. The van der Waals surface area contributed by atoms with Crippen molar-refractivity contribution in [1.29, 1.82) is 0 Å². The normalized spacial score (nSPS) is 10.8. The first-order valence-electron chi connectivity index (χ1n) is 26.1. The summed E-state index contributed by atoms with van der Waals surface area (Å²) in [5.74, 6) is 13.5. The van der Waals surface area contributed by atoms with Gasteiger partial charge in [-0.15, -0.1) is 0 Å². The number of hydrogen-bond acceptors (Lipinski definition) is 0. The predicted octanol–water partition coefficient (Wildman–Crippen LogP) is 13.1. The molecule has 0 aromatic heterocycles. The van der Waals surface area contributed by atoms with Crippen LogP contribution >= 0.6 is 0 Å². The van der Waals surface area contributed by atoms with Crippen LogP contribution in [0.1, 0.15) is 89.0 Å². The lowest BCUT2D eigenvalue weighted by Crippen LogP contribution is -2.55. The van der Waals surface area contributed by atoms with Crippen molar-refractivity contribution >= 4 is 46.2 Å². The zero-order valence-electron chi connectivity index (χ0n) is 45.5. The number of aryl methyl sites for hydroxylation is 12. The minimum absolute atomic E-state index is 0.185. The highest BCUT2D eigenvalue weighted by atomic mass is 14.1. The molecule has 0 atom stereocenters. The van der Waals surface area contributed by atoms with Crippen LogP contribution in [0.2, 0.25) is 0 Å². The van der Waals surface area contributed by atoms with E-state index in [4.69, 9.17) is 0 Å². The highest BCUT2D eigenvalue weighted by Crippen LogP contribution is 2.26. The fourth-order valence-electron chi connectivity index (χ4n) is 11.9. The molecule has 0 spiro atoms. The SMILES string of the molecule is Cc1cc(C)c(B(c2ccc(C#Cc3cc4cccccc-4c3)cc2)c2c(C)cc(C)cc2C)c(C)c1.Cc1cc(C)c(B(c2ccc(C#Cc3cc4cccccc-4c3)cc2)c2c(C)cc(C)cc2C)c(C)c1. The van der Waals surface area contributed by atoms with Gasteiger partial charge in [0.05, 0.1) is 0 Å². The van der Waals surface area contributed by atoms with E-state index in [1.807, 2.05) is 0 Å². The van der Waals surface area contributed by atoms with E-state index in [9.17, 15) is 0 Å². The van der Waals surface area contributed by atoms with Crippen molar-refractivity contribution in [3.05, 3.63) is 271 Å². The summed E-state index contributed by atoms with van der Waals surface area (Å²) < 4.78 is 0. The van der Waals surface area contributed by atoms with Crippen molar-refractivity contribution in [1.82, 2.24) is 0 Å². The van der Waals surface area contributed by atoms with Crippen molar-refractivity contribution in [2.24, 2.45) is 0 Å². The van der Waals surface area contributed by atoms with Gasteiger partial charge in [0.25, 0.3) is 0 Å². The van der Waals surface area contributed by atoms with Gasteiger partial charge in [0.2, 0.25) is 13.4 Å². The van der Waals surface area contributed by atoms with E-state index >= 15 is 0 Å². The number of fused-ring (bicyclic) bond motifs is 2. The zero-order valence-corrected chi connectivity index (χ0v) is 45.5. The molecule has 0 fully saturated rings. The fourth-order valence-corrected chi connectivity index (χ4v) is 11.9. The summed E-state index contributed by atoms with van der Waals surface area (Å²) in [6.45, 7) is 27.1. The second-order valence-corrected chi connectivity index (χ2v) is 21.0. The molecule has 0 saturated carbocycles. The molecule has 0 saturated heterocycles. The third-order valence-electron chi connectivity index (χ3n) is 14.8. The second-order valence-electron chi connectivity index (χ2n) is 21.0. The quantitative estimate of drug-likeness (QED) is 0.115. The Morgan fingerprint density at radius 2 is 0.446 bits per heavy atom. The van der Waals surface area contributed by atoms with E-state index in [2.05, 4.69) is 289 Å². The third kappa shape index (κ3) is 11.3. The predicted molar refractivity (Wildman–Crippen MR) is 323 cm³/mol. The van der Waals surface area contributed by atoms with E-state index < -0.39 is 0 Å². The Bertz CT molecular complexity index is 3230. The Morgan fingerprint density at radius 3 is 0.676 bits per heavy atom. The molecule has 0 bridgehead atoms. The van der Waals surface area contributed by atoms with Crippen LogP contribution in [0.25, 0.3) is 22.3 Å². The summed E-state index contributed by atoms with van der Waals surface area (Å²) in [6, 6.07) is 65.9. The molecule has 6 aromatic rings. The lowest BCUT2D eigenvalue weighted by molar-refractivity contribution is 1.34. The maximum atomic E-state index is 3.39. The van der Waals surface area contributed by atoms with E-state index in [1.54, 1.807) is 0 Å². The zero-order chi connectivity index (χ0) is 52.2. The minimum Gasteiger partial charge on any atom is -0.0685 e. The molecule has 4 aliphatic rings. The van der Waals surface area contributed by atoms with Crippen LogP contribution in [-0.2, 0) is 0 Å². The molecule has 360 valence electrons. The van der Waals surface area contributed by atoms with E-state index in [0.717, 1.165) is 22.3 Å². The molecule has 0 amide bonds. The monoisotopic (exact) mass is 953 g/mol. The highest BCUT2D eigenvalue weighted by molar-refractivity contribution is 6.97. The Hall–Kier alpha value is -8.03. The van der Waals surface area contributed by atoms with Crippen LogP contribution in [0.5, 0.6) is 0 Å². The first-order chi connectivity index (χ1) is 35.6. The topological polar surface area (TPSA) is 0 Å². The van der Waals surface area contributed by atoms with Gasteiger partial charge in [0, 0.05) is 22.3 Å². The van der Waals surface area contributed by atoms with E-state index in [0.29, 0.717) is 0 Å². The molecular weight excluding hydrogens is 886 g/mol. The first kappa shape index (κ1) is 50.9. The van der Waals surface area contributed by atoms with Crippen LogP contribution in [0, 0.1) is 107 Å². The third-order valence-corrected chi connectivity index (χ3v) is 14.8. The maximum absolute atomic E-state index is 3.39. The number of benzene rings is 6. The average Bonchev–Trinajstić information content (AvgIpc) is 3.76. The summed E-state index contributed by atoms with van der Waals surface area (Å²) in [5.41, 5.74) is 33.4. The van der Waals surface area contributed by atoms with Crippen LogP contribution in [-0.4, -0.2) is 13.4 Å². The number of rotatable bonds is 6. The summed E-state index contributed by atoms with van der Waals surface area (Å²) in [6.07, 6.45) is 0. The Balaban J connectivity index is 0.000000182. The molecule has 0 N–H and O–H groups in total. The smallest absolute Gasteiger partial charge is 0.0685 e. The lowest BCUT2D eigenvalue weighted by atomic mass is 9.34. The van der Waals surface area contributed by atoms with Crippen molar-refractivity contribution in [3.8, 4) is 45.9 Å². The van der Waals surface area contributed by atoms with Gasteiger partial charge in [-0.05, 0) is 154 Å². The number of hydrogen-bond donors (Lipinski definition) is 0. The molecule has 6 aromatic carbocycles. The van der Waals surface area contributed by atoms with Crippen LogP contribution in [0.4, 0.5) is 0 Å². The summed E-state index contributed by atoms with van der Waals surface area (Å²) in [5, 5.41) is 0. The van der Waals surface area contributed by atoms with Crippen LogP contribution < -0.4 is 32.8 Å². The van der Waals surface area contributed by atoms with E-state index in [-0.39, 0.29) is 13.4 Å². The van der Waals surface area contributed by atoms with Gasteiger partial charge in [0.1, 0.15) is 0 Å². The first-order valence-corrected chi connectivity index (χ1v) is 26.1. The summed E-state index contributed by atoms with van der Waals surface area (Å²) >= 11 is 0. The Kier molecular flexibility index (Phi) is 15.1.